The summed E-state index contributed by atoms with van der Waals surface area (Å²) in [5.41, 5.74) is 0. The van der Waals surface area contributed by atoms with Gasteiger partial charge < -0.3 is 0 Å². The lowest BCUT2D eigenvalue weighted by Crippen LogP contribution is -2.25. The molecule has 0 aromatic rings. The monoisotopic (exact) mass is 268 g/mol. The van der Waals surface area contributed by atoms with E-state index in [2.05, 4.69) is 0 Å². The zero-order valence-electron chi connectivity index (χ0n) is 7.35. The van der Waals surface area contributed by atoms with Crippen LogP contribution in [0.1, 0.15) is 0 Å². The van der Waals surface area contributed by atoms with Crippen molar-refractivity contribution in [2.45, 2.75) is 24.7 Å². The van der Waals surface area contributed by atoms with Crippen molar-refractivity contribution in [3.05, 3.63) is 0 Å². The number of rotatable bonds is 2. The van der Waals surface area contributed by atoms with Crippen LogP contribution in [-0.4, -0.2) is 38.0 Å². The lowest BCUT2D eigenvalue weighted by atomic mass is 10.4. The van der Waals surface area contributed by atoms with E-state index >= 15 is 0 Å². The molecule has 0 N–H and O–H groups in total. The van der Waals surface area contributed by atoms with E-state index in [1.54, 1.807) is 0 Å². The van der Waals surface area contributed by atoms with Crippen LogP contribution in [0.4, 0.5) is 43.9 Å². The van der Waals surface area contributed by atoms with Crippen molar-refractivity contribution in [1.82, 2.24) is 0 Å². The minimum absolute atomic E-state index is 2.00. The van der Waals surface area contributed by atoms with Crippen LogP contribution in [0.25, 0.3) is 0 Å². The van der Waals surface area contributed by atoms with Crippen molar-refractivity contribution >= 4 is 0 Å². The summed E-state index contributed by atoms with van der Waals surface area (Å²) >= 11 is 0. The van der Waals surface area contributed by atoms with E-state index < -0.39 is 38.0 Å². The van der Waals surface area contributed by atoms with Gasteiger partial charge in [0.1, 0.15) is 13.3 Å². The number of halogens is 10. The van der Waals surface area contributed by atoms with Crippen LogP contribution in [0.2, 0.25) is 0 Å². The van der Waals surface area contributed by atoms with Crippen molar-refractivity contribution in [3.63, 3.8) is 0 Å². The van der Waals surface area contributed by atoms with Crippen LogP contribution in [0, 0.1) is 0 Å². The Bertz CT molecular complexity index is 149. The molecule has 0 aliphatic rings. The van der Waals surface area contributed by atoms with Crippen LogP contribution >= 0.6 is 0 Å². The molecule has 0 radical (unpaired) electrons. The molecule has 0 bridgehead atoms. The second-order valence-corrected chi connectivity index (χ2v) is 2.33. The quantitative estimate of drug-likeness (QED) is 0.670. The average molecular weight is 268 g/mol. The van der Waals surface area contributed by atoms with Gasteiger partial charge in [-0.05, 0) is 0 Å². The van der Waals surface area contributed by atoms with E-state index in [1.807, 2.05) is 0 Å². The highest BCUT2D eigenvalue weighted by atomic mass is 19.4. The standard InChI is InChI=1S/2C3H3F5/c2*4-1-2(5)3(6,7)8/h2*2H,1H2. The molecule has 0 aliphatic carbocycles. The van der Waals surface area contributed by atoms with Gasteiger partial charge in [-0.2, -0.15) is 26.3 Å². The van der Waals surface area contributed by atoms with Gasteiger partial charge >= 0.3 is 12.4 Å². The predicted molar refractivity (Wildman–Crippen MR) is 33.9 cm³/mol. The minimum Gasteiger partial charge on any atom is -0.248 e. The summed E-state index contributed by atoms with van der Waals surface area (Å²) in [7, 11) is 0. The van der Waals surface area contributed by atoms with Crippen LogP contribution in [0.3, 0.4) is 0 Å². The third-order valence-electron chi connectivity index (χ3n) is 0.981. The lowest BCUT2D eigenvalue weighted by Gasteiger charge is -2.06. The molecular weight excluding hydrogens is 262 g/mol. The van der Waals surface area contributed by atoms with E-state index in [0.29, 0.717) is 0 Å². The van der Waals surface area contributed by atoms with Gasteiger partial charge in [0.25, 0.3) is 0 Å². The van der Waals surface area contributed by atoms with Gasteiger partial charge in [0.2, 0.25) is 12.3 Å². The number of hydrogen-bond acceptors (Lipinski definition) is 0. The maximum atomic E-state index is 11.1. The highest BCUT2D eigenvalue weighted by Gasteiger charge is 2.40. The summed E-state index contributed by atoms with van der Waals surface area (Å²) in [5.74, 6) is 0. The Hall–Kier alpha value is -0.700. The average Bonchev–Trinajstić information content (AvgIpc) is 2.13. The smallest absolute Gasteiger partial charge is 0.248 e. The van der Waals surface area contributed by atoms with Crippen LogP contribution in [0.5, 0.6) is 0 Å². The maximum absolute atomic E-state index is 11.1. The molecule has 0 aromatic heterocycles. The first kappa shape index (κ1) is 17.7. The molecule has 0 nitrogen and oxygen atoms in total. The van der Waals surface area contributed by atoms with Crippen molar-refractivity contribution in [1.29, 1.82) is 0 Å². The summed E-state index contributed by atoms with van der Waals surface area (Å²) in [5, 5.41) is 0. The lowest BCUT2D eigenvalue weighted by molar-refractivity contribution is -0.184. The van der Waals surface area contributed by atoms with Crippen LogP contribution in [-0.2, 0) is 0 Å². The molecule has 0 saturated carbocycles. The minimum atomic E-state index is -5.03. The molecule has 0 aliphatic heterocycles. The Balaban J connectivity index is 0. The molecule has 0 fully saturated rings. The Morgan fingerprint density at radius 2 is 0.812 bits per heavy atom. The van der Waals surface area contributed by atoms with Crippen molar-refractivity contribution in [3.8, 4) is 0 Å². The Morgan fingerprint density at radius 1 is 0.625 bits per heavy atom. The van der Waals surface area contributed by atoms with E-state index in [9.17, 15) is 43.9 Å². The normalized spacial score (nSPS) is 16.1. The largest absolute Gasteiger partial charge is 0.422 e. The van der Waals surface area contributed by atoms with E-state index in [4.69, 9.17) is 0 Å². The molecule has 16 heavy (non-hydrogen) atoms. The molecule has 0 heterocycles. The van der Waals surface area contributed by atoms with E-state index in [0.717, 1.165) is 0 Å². The summed E-state index contributed by atoms with van der Waals surface area (Å²) in [6.07, 6.45) is -16.7. The van der Waals surface area contributed by atoms with Gasteiger partial charge in [-0.15, -0.1) is 0 Å². The van der Waals surface area contributed by atoms with Crippen LogP contribution < -0.4 is 0 Å². The van der Waals surface area contributed by atoms with Crippen molar-refractivity contribution < 1.29 is 43.9 Å². The molecule has 100 valence electrons. The molecular formula is C6H6F10. The first-order valence-corrected chi connectivity index (χ1v) is 3.50. The summed E-state index contributed by atoms with van der Waals surface area (Å²) in [6, 6.07) is 0. The van der Waals surface area contributed by atoms with Gasteiger partial charge in [0.05, 0.1) is 0 Å². The maximum Gasteiger partial charge on any atom is 0.422 e. The molecule has 0 rings (SSSR count). The molecule has 10 heteroatoms. The predicted octanol–water partition coefficient (Wildman–Crippen LogP) is 3.71. The Kier molecular flexibility index (Phi) is 7.51. The highest BCUT2D eigenvalue weighted by molar-refractivity contribution is 4.63. The van der Waals surface area contributed by atoms with E-state index in [-0.39, 0.29) is 0 Å². The zero-order chi connectivity index (χ0) is 13.6. The fourth-order valence-electron chi connectivity index (χ4n) is 0.175. The summed E-state index contributed by atoms with van der Waals surface area (Å²) in [4.78, 5) is 0. The van der Waals surface area contributed by atoms with Gasteiger partial charge in [-0.25, -0.2) is 17.6 Å². The Morgan fingerprint density at radius 3 is 0.812 bits per heavy atom. The molecule has 0 spiro atoms. The third kappa shape index (κ3) is 8.60. The first-order valence-electron chi connectivity index (χ1n) is 3.50. The zero-order valence-corrected chi connectivity index (χ0v) is 7.35. The van der Waals surface area contributed by atoms with Gasteiger partial charge in [0.15, 0.2) is 0 Å². The molecule has 0 aromatic carbocycles. The Labute approximate surface area is 83.2 Å². The number of alkyl halides is 10. The second-order valence-electron chi connectivity index (χ2n) is 2.33. The molecule has 0 amide bonds. The first-order chi connectivity index (χ1) is 6.96. The van der Waals surface area contributed by atoms with Gasteiger partial charge in [0, 0.05) is 0 Å². The summed E-state index contributed by atoms with van der Waals surface area (Å²) < 4.78 is 109. The fraction of sp³-hybridized carbons (Fsp3) is 1.00. The molecule has 2 unspecified atom stereocenters. The highest BCUT2D eigenvalue weighted by Crippen LogP contribution is 2.23. The van der Waals surface area contributed by atoms with Gasteiger partial charge in [-0.3, -0.25) is 0 Å². The SMILES string of the molecule is FCC(F)C(F)(F)F.FCC(F)C(F)(F)F. The van der Waals surface area contributed by atoms with Crippen LogP contribution in [0.15, 0.2) is 0 Å². The third-order valence-corrected chi connectivity index (χ3v) is 0.981. The van der Waals surface area contributed by atoms with Crippen molar-refractivity contribution in [2.24, 2.45) is 0 Å². The van der Waals surface area contributed by atoms with Gasteiger partial charge in [-0.1, -0.05) is 0 Å². The second kappa shape index (κ2) is 6.79. The number of hydrogen-bond donors (Lipinski definition) is 0. The van der Waals surface area contributed by atoms with E-state index in [1.165, 1.54) is 0 Å². The molecule has 2 atom stereocenters. The molecule has 0 saturated heterocycles. The van der Waals surface area contributed by atoms with Crippen molar-refractivity contribution in [2.75, 3.05) is 13.3 Å². The summed E-state index contributed by atoms with van der Waals surface area (Å²) in [6.45, 7) is -3.99. The fourth-order valence-corrected chi connectivity index (χ4v) is 0.175. The topological polar surface area (TPSA) is 0 Å².